The molecular formula is C20H25NO4. The molecule has 1 unspecified atom stereocenters. The number of phenolic OH excluding ortho intramolecular Hbond substituents is 1. The lowest BCUT2D eigenvalue weighted by molar-refractivity contribution is 0.206. The minimum absolute atomic E-state index is 0.0380. The largest absolute Gasteiger partial charge is 0.507 e. The highest BCUT2D eigenvalue weighted by molar-refractivity contribution is 5.98. The molecule has 2 N–H and O–H groups in total. The number of aromatic hydroxyl groups is 1. The van der Waals surface area contributed by atoms with Crippen molar-refractivity contribution in [1.82, 2.24) is 0 Å². The Balaban J connectivity index is 1.94. The van der Waals surface area contributed by atoms with E-state index in [1.54, 1.807) is 12.1 Å². The fourth-order valence-electron chi connectivity index (χ4n) is 3.19. The van der Waals surface area contributed by atoms with Gasteiger partial charge in [-0.3, -0.25) is 0 Å². The molecule has 0 radical (unpaired) electrons. The Hall–Kier alpha value is -2.43. The Morgan fingerprint density at radius 2 is 2.16 bits per heavy atom. The number of fused-ring (bicyclic) bond motifs is 3. The van der Waals surface area contributed by atoms with Gasteiger partial charge in [0.15, 0.2) is 0 Å². The average Bonchev–Trinajstić information content (AvgIpc) is 2.54. The summed E-state index contributed by atoms with van der Waals surface area (Å²) in [6.07, 6.45) is 6.87. The minimum atomic E-state index is -0.383. The van der Waals surface area contributed by atoms with Gasteiger partial charge in [0.1, 0.15) is 17.1 Å². The molecule has 2 aromatic rings. The molecule has 3 rings (SSSR count). The summed E-state index contributed by atoms with van der Waals surface area (Å²) in [4.78, 5) is 12.2. The van der Waals surface area contributed by atoms with Crippen LogP contribution >= 0.6 is 0 Å². The number of hydrogen-bond donors (Lipinski definition) is 2. The Bertz CT molecular complexity index is 866. The zero-order valence-corrected chi connectivity index (χ0v) is 15.0. The van der Waals surface area contributed by atoms with Crippen LogP contribution in [0.1, 0.15) is 52.0 Å². The molecule has 0 saturated carbocycles. The summed E-state index contributed by atoms with van der Waals surface area (Å²) in [5, 5.41) is 14.2. The first-order chi connectivity index (χ1) is 12.0. The van der Waals surface area contributed by atoms with Crippen LogP contribution in [0.15, 0.2) is 33.1 Å². The van der Waals surface area contributed by atoms with E-state index in [1.165, 1.54) is 12.8 Å². The monoisotopic (exact) mass is 343 g/mol. The zero-order valence-electron chi connectivity index (χ0n) is 15.0. The summed E-state index contributed by atoms with van der Waals surface area (Å²) in [6, 6.07) is 3.27. The van der Waals surface area contributed by atoms with Crippen LogP contribution in [-0.2, 0) is 6.42 Å². The number of hydrogen-bond acceptors (Lipinski definition) is 5. The molecule has 0 spiro atoms. The number of unbranched alkanes of at least 4 members (excludes halogenated alkanes) is 2. The molecule has 2 heterocycles. The van der Waals surface area contributed by atoms with Gasteiger partial charge in [-0.2, -0.15) is 0 Å². The molecule has 0 aliphatic carbocycles. The third kappa shape index (κ3) is 3.65. The van der Waals surface area contributed by atoms with E-state index in [-0.39, 0.29) is 17.5 Å². The fraction of sp³-hybridized carbons (Fsp3) is 0.450. The van der Waals surface area contributed by atoms with Crippen molar-refractivity contribution in [3.63, 3.8) is 0 Å². The summed E-state index contributed by atoms with van der Waals surface area (Å²) in [5.74, 6) is 0.565. The normalized spacial score (nSPS) is 14.6. The third-order valence-corrected chi connectivity index (χ3v) is 4.54. The van der Waals surface area contributed by atoms with E-state index in [1.807, 2.05) is 19.9 Å². The van der Waals surface area contributed by atoms with Crippen molar-refractivity contribution >= 4 is 16.7 Å². The van der Waals surface area contributed by atoms with Crippen molar-refractivity contribution in [3.8, 4) is 11.5 Å². The van der Waals surface area contributed by atoms with Crippen LogP contribution in [0.3, 0.4) is 0 Å². The predicted octanol–water partition coefficient (Wildman–Crippen LogP) is 4.72. The number of ether oxygens (including phenoxy) is 1. The van der Waals surface area contributed by atoms with Crippen molar-refractivity contribution in [3.05, 3.63) is 39.9 Å². The second-order valence-electron chi connectivity index (χ2n) is 6.70. The molecule has 1 aromatic carbocycles. The average molecular weight is 343 g/mol. The van der Waals surface area contributed by atoms with Crippen molar-refractivity contribution < 1.29 is 14.3 Å². The lowest BCUT2D eigenvalue weighted by Crippen LogP contribution is -2.16. The molecule has 0 fully saturated rings. The van der Waals surface area contributed by atoms with E-state index in [0.29, 0.717) is 34.4 Å². The Kier molecular flexibility index (Phi) is 5.02. The van der Waals surface area contributed by atoms with Gasteiger partial charge in [-0.25, -0.2) is 4.79 Å². The fourth-order valence-corrected chi connectivity index (χ4v) is 3.19. The van der Waals surface area contributed by atoms with Crippen LogP contribution in [0.25, 0.3) is 11.0 Å². The van der Waals surface area contributed by atoms with E-state index in [0.717, 1.165) is 18.5 Å². The highest BCUT2D eigenvalue weighted by Gasteiger charge is 2.21. The standard InChI is InChI=1S/C20H25NO4/c1-4-5-6-7-13(3)24-14-10-16(22)18-17(11-14)25-20(23)15-9-8-12(2)21-19(15)18/h8,10-11,13,21-22H,4-7,9H2,1-3H3. The summed E-state index contributed by atoms with van der Waals surface area (Å²) in [7, 11) is 0. The Morgan fingerprint density at radius 1 is 1.36 bits per heavy atom. The maximum absolute atomic E-state index is 12.2. The van der Waals surface area contributed by atoms with E-state index in [4.69, 9.17) is 9.15 Å². The van der Waals surface area contributed by atoms with Crippen molar-refractivity contribution in [2.24, 2.45) is 0 Å². The summed E-state index contributed by atoms with van der Waals surface area (Å²) >= 11 is 0. The van der Waals surface area contributed by atoms with Gasteiger partial charge in [0.25, 0.3) is 0 Å². The van der Waals surface area contributed by atoms with Crippen molar-refractivity contribution in [2.75, 3.05) is 5.32 Å². The van der Waals surface area contributed by atoms with Crippen molar-refractivity contribution in [1.29, 1.82) is 0 Å². The smallest absolute Gasteiger partial charge is 0.341 e. The maximum Gasteiger partial charge on any atom is 0.341 e. The second-order valence-corrected chi connectivity index (χ2v) is 6.70. The van der Waals surface area contributed by atoms with Crippen LogP contribution in [-0.4, -0.2) is 11.2 Å². The van der Waals surface area contributed by atoms with Crippen molar-refractivity contribution in [2.45, 2.75) is 59.0 Å². The molecule has 25 heavy (non-hydrogen) atoms. The van der Waals surface area contributed by atoms with E-state index in [2.05, 4.69) is 12.2 Å². The van der Waals surface area contributed by atoms with Gasteiger partial charge in [-0.1, -0.05) is 25.8 Å². The predicted molar refractivity (Wildman–Crippen MR) is 99.5 cm³/mol. The van der Waals surface area contributed by atoms with E-state index >= 15 is 0 Å². The number of nitrogens with one attached hydrogen (secondary N) is 1. The van der Waals surface area contributed by atoms with Crippen LogP contribution in [0, 0.1) is 0 Å². The number of rotatable bonds is 6. The highest BCUT2D eigenvalue weighted by Crippen LogP contribution is 2.38. The van der Waals surface area contributed by atoms with Crippen LogP contribution in [0.4, 0.5) is 5.69 Å². The zero-order chi connectivity index (χ0) is 18.0. The first-order valence-electron chi connectivity index (χ1n) is 8.92. The topological polar surface area (TPSA) is 71.7 Å². The molecule has 1 aliphatic rings. The number of anilines is 1. The first kappa shape index (κ1) is 17.4. The molecule has 1 atom stereocenters. The quantitative estimate of drug-likeness (QED) is 0.587. The molecular weight excluding hydrogens is 318 g/mol. The molecule has 1 aliphatic heterocycles. The van der Waals surface area contributed by atoms with Crippen LogP contribution < -0.4 is 15.7 Å². The third-order valence-electron chi connectivity index (χ3n) is 4.54. The van der Waals surface area contributed by atoms with E-state index in [9.17, 15) is 9.90 Å². The molecule has 5 heteroatoms. The summed E-state index contributed by atoms with van der Waals surface area (Å²) in [6.45, 7) is 6.10. The summed E-state index contributed by atoms with van der Waals surface area (Å²) < 4.78 is 11.3. The number of allylic oxidation sites excluding steroid dienone is 2. The summed E-state index contributed by atoms with van der Waals surface area (Å²) in [5.41, 5.74) is 2.07. The molecule has 0 bridgehead atoms. The first-order valence-corrected chi connectivity index (χ1v) is 8.92. The lowest BCUT2D eigenvalue weighted by atomic mass is 10.0. The van der Waals surface area contributed by atoms with Gasteiger partial charge in [0.2, 0.25) is 0 Å². The highest BCUT2D eigenvalue weighted by atomic mass is 16.5. The van der Waals surface area contributed by atoms with Gasteiger partial charge >= 0.3 is 5.63 Å². The van der Waals surface area contributed by atoms with Crippen LogP contribution in [0.5, 0.6) is 11.5 Å². The van der Waals surface area contributed by atoms with Gasteiger partial charge in [0, 0.05) is 24.3 Å². The molecule has 0 saturated heterocycles. The van der Waals surface area contributed by atoms with E-state index < -0.39 is 0 Å². The Morgan fingerprint density at radius 3 is 2.92 bits per heavy atom. The van der Waals surface area contributed by atoms with Gasteiger partial charge in [-0.15, -0.1) is 0 Å². The molecule has 0 amide bonds. The van der Waals surface area contributed by atoms with Gasteiger partial charge in [-0.05, 0) is 26.7 Å². The van der Waals surface area contributed by atoms with Gasteiger partial charge < -0.3 is 19.6 Å². The Labute approximate surface area is 147 Å². The number of phenols is 1. The lowest BCUT2D eigenvalue weighted by Gasteiger charge is -2.19. The van der Waals surface area contributed by atoms with Gasteiger partial charge in [0.05, 0.1) is 22.7 Å². The maximum atomic E-state index is 12.2. The minimum Gasteiger partial charge on any atom is -0.507 e. The number of benzene rings is 1. The SMILES string of the molecule is CCCCCC(C)Oc1cc(O)c2c3c(c(=O)oc2c1)CC=C(C)N3. The molecule has 1 aromatic heterocycles. The van der Waals surface area contributed by atoms with Crippen LogP contribution in [0.2, 0.25) is 0 Å². The molecule has 134 valence electrons. The molecule has 5 nitrogen and oxygen atoms in total. The second kappa shape index (κ2) is 7.21.